The smallest absolute Gasteiger partial charge is 0.0824 e. The molecule has 0 aliphatic rings. The molecule has 0 amide bonds. The van der Waals surface area contributed by atoms with E-state index in [0.717, 1.165) is 5.56 Å². The summed E-state index contributed by atoms with van der Waals surface area (Å²) < 4.78 is 0. The zero-order valence-electron chi connectivity index (χ0n) is 9.31. The van der Waals surface area contributed by atoms with E-state index in [2.05, 4.69) is 0 Å². The molecule has 1 aromatic carbocycles. The summed E-state index contributed by atoms with van der Waals surface area (Å²) in [5.74, 6) is 0. The normalized spacial score (nSPS) is 15.2. The van der Waals surface area contributed by atoms with Gasteiger partial charge >= 0.3 is 0 Å². The van der Waals surface area contributed by atoms with Gasteiger partial charge in [-0.25, -0.2) is 0 Å². The second kappa shape index (κ2) is 6.69. The lowest BCUT2D eigenvalue weighted by Gasteiger charge is -2.08. The number of aliphatic hydroxyl groups excluding tert-OH is 2. The summed E-state index contributed by atoms with van der Waals surface area (Å²) in [7, 11) is 0. The average molecular weight is 241 g/mol. The topological polar surface area (TPSA) is 40.5 Å². The van der Waals surface area contributed by atoms with Gasteiger partial charge in [0.15, 0.2) is 0 Å². The van der Waals surface area contributed by atoms with Crippen LogP contribution in [0.15, 0.2) is 36.4 Å². The number of benzene rings is 1. The van der Waals surface area contributed by atoms with Gasteiger partial charge in [0.25, 0.3) is 0 Å². The van der Waals surface area contributed by atoms with E-state index >= 15 is 0 Å². The number of hydrogen-bond acceptors (Lipinski definition) is 2. The molecule has 16 heavy (non-hydrogen) atoms. The molecular weight excluding hydrogens is 224 g/mol. The molecule has 0 aromatic heterocycles. The van der Waals surface area contributed by atoms with Crippen LogP contribution in [0.5, 0.6) is 0 Å². The highest BCUT2D eigenvalue weighted by atomic mass is 35.5. The predicted octanol–water partition coefficient (Wildman–Crippen LogP) is 3.09. The first-order chi connectivity index (χ1) is 7.59. The zero-order valence-corrected chi connectivity index (χ0v) is 10.1. The van der Waals surface area contributed by atoms with Crippen LogP contribution in [-0.4, -0.2) is 16.3 Å². The molecule has 3 heteroatoms. The van der Waals surface area contributed by atoms with Crippen LogP contribution in [0.1, 0.15) is 31.4 Å². The van der Waals surface area contributed by atoms with Gasteiger partial charge in [-0.2, -0.15) is 0 Å². The van der Waals surface area contributed by atoms with Crippen LogP contribution in [0.25, 0.3) is 0 Å². The van der Waals surface area contributed by atoms with Crippen molar-refractivity contribution < 1.29 is 10.2 Å². The quantitative estimate of drug-likeness (QED) is 0.777. The van der Waals surface area contributed by atoms with Gasteiger partial charge in [-0.3, -0.25) is 0 Å². The molecule has 0 aliphatic heterocycles. The average Bonchev–Trinajstić information content (AvgIpc) is 2.25. The largest absolute Gasteiger partial charge is 0.393 e. The Morgan fingerprint density at radius 1 is 1.12 bits per heavy atom. The standard InChI is InChI=1S/C13H17ClO2/c1-10(15)4-2-3-5-13(16)11-6-8-12(14)9-7-11/h2-3,6-10,13,15-16H,4-5H2,1H3/b3-2-/t10-,13-/m1/s1. The minimum atomic E-state index is -0.512. The van der Waals surface area contributed by atoms with Gasteiger partial charge in [0.1, 0.15) is 0 Å². The Bertz CT molecular complexity index is 330. The predicted molar refractivity (Wildman–Crippen MR) is 66.5 cm³/mol. The van der Waals surface area contributed by atoms with Gasteiger partial charge in [-0.15, -0.1) is 0 Å². The van der Waals surface area contributed by atoms with Gasteiger partial charge < -0.3 is 10.2 Å². The number of rotatable bonds is 5. The SMILES string of the molecule is C[C@@H](O)C/C=C\C[C@@H](O)c1ccc(Cl)cc1. The molecule has 1 rings (SSSR count). The third-order valence-electron chi connectivity index (χ3n) is 2.26. The summed E-state index contributed by atoms with van der Waals surface area (Å²) in [6, 6.07) is 7.16. The summed E-state index contributed by atoms with van der Waals surface area (Å²) in [6.45, 7) is 1.74. The van der Waals surface area contributed by atoms with E-state index in [9.17, 15) is 5.11 Å². The molecule has 0 spiro atoms. The number of aliphatic hydroxyl groups is 2. The fourth-order valence-corrected chi connectivity index (χ4v) is 1.47. The summed E-state index contributed by atoms with van der Waals surface area (Å²) in [6.07, 6.45) is 4.09. The van der Waals surface area contributed by atoms with Crippen LogP contribution in [0.4, 0.5) is 0 Å². The molecule has 0 fully saturated rings. The second-order valence-electron chi connectivity index (χ2n) is 3.86. The van der Waals surface area contributed by atoms with Gasteiger partial charge in [0, 0.05) is 5.02 Å². The van der Waals surface area contributed by atoms with Gasteiger partial charge in [0.2, 0.25) is 0 Å². The van der Waals surface area contributed by atoms with Crippen LogP contribution < -0.4 is 0 Å². The van der Waals surface area contributed by atoms with Crippen LogP contribution >= 0.6 is 11.6 Å². The molecule has 2 atom stereocenters. The highest BCUT2D eigenvalue weighted by Gasteiger charge is 2.04. The van der Waals surface area contributed by atoms with Crippen LogP contribution in [0.2, 0.25) is 5.02 Å². The van der Waals surface area contributed by atoms with Crippen LogP contribution in [0.3, 0.4) is 0 Å². The third-order valence-corrected chi connectivity index (χ3v) is 2.51. The zero-order chi connectivity index (χ0) is 12.0. The van der Waals surface area contributed by atoms with Crippen LogP contribution in [0, 0.1) is 0 Å². The van der Waals surface area contributed by atoms with E-state index < -0.39 is 6.10 Å². The fourth-order valence-electron chi connectivity index (χ4n) is 1.34. The molecule has 0 aliphatic carbocycles. The maximum atomic E-state index is 9.82. The Morgan fingerprint density at radius 2 is 1.69 bits per heavy atom. The van der Waals surface area contributed by atoms with Crippen molar-refractivity contribution in [1.29, 1.82) is 0 Å². The van der Waals surface area contributed by atoms with Crippen LogP contribution in [-0.2, 0) is 0 Å². The van der Waals surface area contributed by atoms with E-state index in [1.54, 1.807) is 19.1 Å². The molecule has 2 N–H and O–H groups in total. The molecule has 2 nitrogen and oxygen atoms in total. The second-order valence-corrected chi connectivity index (χ2v) is 4.30. The molecule has 0 saturated carbocycles. The first-order valence-electron chi connectivity index (χ1n) is 5.36. The number of hydrogen-bond donors (Lipinski definition) is 2. The first kappa shape index (κ1) is 13.2. The van der Waals surface area contributed by atoms with E-state index in [1.165, 1.54) is 0 Å². The van der Waals surface area contributed by atoms with E-state index in [-0.39, 0.29) is 6.10 Å². The Labute approximate surface area is 101 Å². The highest BCUT2D eigenvalue weighted by Crippen LogP contribution is 2.19. The molecule has 0 saturated heterocycles. The fraction of sp³-hybridized carbons (Fsp3) is 0.385. The molecule has 0 bridgehead atoms. The van der Waals surface area contributed by atoms with E-state index in [4.69, 9.17) is 16.7 Å². The van der Waals surface area contributed by atoms with Crippen molar-refractivity contribution in [3.8, 4) is 0 Å². The van der Waals surface area contributed by atoms with E-state index in [0.29, 0.717) is 17.9 Å². The van der Waals surface area contributed by atoms with Gasteiger partial charge in [-0.1, -0.05) is 35.9 Å². The molecule has 1 aromatic rings. The molecule has 0 unspecified atom stereocenters. The molecular formula is C13H17ClO2. The van der Waals surface area contributed by atoms with Crippen molar-refractivity contribution in [2.45, 2.75) is 32.0 Å². The van der Waals surface area contributed by atoms with Crippen molar-refractivity contribution in [1.82, 2.24) is 0 Å². The van der Waals surface area contributed by atoms with Gasteiger partial charge in [-0.05, 0) is 37.5 Å². The lowest BCUT2D eigenvalue weighted by molar-refractivity contribution is 0.180. The maximum absolute atomic E-state index is 9.82. The third kappa shape index (κ3) is 4.79. The molecule has 0 heterocycles. The van der Waals surface area contributed by atoms with Crippen molar-refractivity contribution in [2.24, 2.45) is 0 Å². The summed E-state index contributed by atoms with van der Waals surface area (Å²) >= 11 is 5.75. The first-order valence-corrected chi connectivity index (χ1v) is 5.74. The highest BCUT2D eigenvalue weighted by molar-refractivity contribution is 6.30. The lowest BCUT2D eigenvalue weighted by Crippen LogP contribution is -1.97. The minimum Gasteiger partial charge on any atom is -0.393 e. The maximum Gasteiger partial charge on any atom is 0.0824 e. The monoisotopic (exact) mass is 240 g/mol. The van der Waals surface area contributed by atoms with Gasteiger partial charge in [0.05, 0.1) is 12.2 Å². The Hall–Kier alpha value is -0.830. The van der Waals surface area contributed by atoms with Crippen molar-refractivity contribution >= 4 is 11.6 Å². The number of halogens is 1. The molecule has 88 valence electrons. The molecule has 0 radical (unpaired) electrons. The summed E-state index contributed by atoms with van der Waals surface area (Å²) in [5.41, 5.74) is 0.853. The van der Waals surface area contributed by atoms with Crippen molar-refractivity contribution in [3.63, 3.8) is 0 Å². The van der Waals surface area contributed by atoms with Crippen molar-refractivity contribution in [3.05, 3.63) is 47.0 Å². The Morgan fingerprint density at radius 3 is 2.25 bits per heavy atom. The van der Waals surface area contributed by atoms with Crippen molar-refractivity contribution in [2.75, 3.05) is 0 Å². The van der Waals surface area contributed by atoms with E-state index in [1.807, 2.05) is 24.3 Å². The Kier molecular flexibility index (Phi) is 5.53. The summed E-state index contributed by atoms with van der Waals surface area (Å²) in [5, 5.41) is 19.5. The minimum absolute atomic E-state index is 0.330. The lowest BCUT2D eigenvalue weighted by atomic mass is 10.1. The Balaban J connectivity index is 2.43. The summed E-state index contributed by atoms with van der Waals surface area (Å²) in [4.78, 5) is 0.